The second-order valence-electron chi connectivity index (χ2n) is 3.65. The van der Waals surface area contributed by atoms with E-state index >= 15 is 0 Å². The van der Waals surface area contributed by atoms with E-state index in [0.29, 0.717) is 6.42 Å². The topological polar surface area (TPSA) is 40.9 Å². The van der Waals surface area contributed by atoms with Gasteiger partial charge in [0.1, 0.15) is 5.78 Å². The predicted octanol–water partition coefficient (Wildman–Crippen LogP) is 2.69. The van der Waals surface area contributed by atoms with E-state index in [0.717, 1.165) is 19.3 Å². The third kappa shape index (κ3) is 4.12. The van der Waals surface area contributed by atoms with Crippen molar-refractivity contribution < 1.29 is 4.79 Å². The Hall–Kier alpha value is -0.840. The maximum Gasteiger partial charge on any atom is 0.131 e. The molecule has 0 rings (SSSR count). The Morgan fingerprint density at radius 1 is 1.58 bits per heavy atom. The van der Waals surface area contributed by atoms with Crippen LogP contribution in [0.5, 0.6) is 0 Å². The summed E-state index contributed by atoms with van der Waals surface area (Å²) in [5, 5.41) is 8.86. The highest BCUT2D eigenvalue weighted by atomic mass is 16.1. The largest absolute Gasteiger partial charge is 0.300 e. The Kier molecular flexibility index (Phi) is 4.58. The molecule has 0 saturated carbocycles. The summed E-state index contributed by atoms with van der Waals surface area (Å²) < 4.78 is 0. The number of nitrogens with zero attached hydrogens (tertiary/aromatic N) is 1. The lowest BCUT2D eigenvalue weighted by Gasteiger charge is -2.18. The fourth-order valence-corrected chi connectivity index (χ4v) is 1.30. The van der Waals surface area contributed by atoms with Crippen molar-refractivity contribution in [1.29, 1.82) is 5.26 Å². The van der Waals surface area contributed by atoms with Gasteiger partial charge in [0.2, 0.25) is 0 Å². The molecule has 0 aromatic carbocycles. The highest BCUT2D eigenvalue weighted by Gasteiger charge is 2.24. The molecule has 12 heavy (non-hydrogen) atoms. The van der Waals surface area contributed by atoms with E-state index in [1.54, 1.807) is 6.92 Å². The van der Waals surface area contributed by atoms with Crippen molar-refractivity contribution in [3.8, 4) is 6.07 Å². The highest BCUT2D eigenvalue weighted by Crippen LogP contribution is 2.27. The summed E-state index contributed by atoms with van der Waals surface area (Å²) in [6, 6.07) is 2.22. The predicted molar refractivity (Wildman–Crippen MR) is 48.5 cm³/mol. The van der Waals surface area contributed by atoms with Gasteiger partial charge in [0.25, 0.3) is 0 Å². The van der Waals surface area contributed by atoms with Crippen LogP contribution in [0.15, 0.2) is 0 Å². The minimum absolute atomic E-state index is 0.107. The Morgan fingerprint density at radius 3 is 2.50 bits per heavy atom. The van der Waals surface area contributed by atoms with E-state index in [4.69, 9.17) is 5.26 Å². The molecule has 0 aliphatic heterocycles. The smallest absolute Gasteiger partial charge is 0.131 e. The minimum atomic E-state index is -0.429. The fraction of sp³-hybridized carbons (Fsp3) is 0.800. The number of hydrogen-bond donors (Lipinski definition) is 0. The number of Topliss-reactive ketones (excluding diaryl/α,β-unsaturated/α-hetero) is 1. The molecule has 0 aliphatic carbocycles. The van der Waals surface area contributed by atoms with Crippen molar-refractivity contribution in [2.45, 2.75) is 46.5 Å². The number of carbonyl (C=O) groups is 1. The zero-order chi connectivity index (χ0) is 9.61. The van der Waals surface area contributed by atoms with Crippen LogP contribution in [0.1, 0.15) is 46.5 Å². The Labute approximate surface area is 74.6 Å². The van der Waals surface area contributed by atoms with Gasteiger partial charge >= 0.3 is 0 Å². The van der Waals surface area contributed by atoms with Gasteiger partial charge in [-0.1, -0.05) is 19.8 Å². The molecule has 0 bridgehead atoms. The van der Waals surface area contributed by atoms with Crippen LogP contribution in [0.3, 0.4) is 0 Å². The van der Waals surface area contributed by atoms with Gasteiger partial charge < -0.3 is 0 Å². The first-order valence-corrected chi connectivity index (χ1v) is 4.45. The summed E-state index contributed by atoms with van der Waals surface area (Å²) in [4.78, 5) is 10.8. The third-order valence-electron chi connectivity index (χ3n) is 1.99. The van der Waals surface area contributed by atoms with Crippen LogP contribution in [-0.4, -0.2) is 5.78 Å². The minimum Gasteiger partial charge on any atom is -0.300 e. The van der Waals surface area contributed by atoms with Crippen LogP contribution in [0.25, 0.3) is 0 Å². The molecule has 0 spiro atoms. The molecule has 0 aliphatic rings. The summed E-state index contributed by atoms with van der Waals surface area (Å²) in [5.41, 5.74) is -0.429. The lowest BCUT2D eigenvalue weighted by atomic mass is 9.82. The van der Waals surface area contributed by atoms with E-state index in [1.165, 1.54) is 0 Å². The molecule has 2 heteroatoms. The average Bonchev–Trinajstić information content (AvgIpc) is 2.00. The number of ketones is 1. The molecule has 0 fully saturated rings. The molecule has 0 N–H and O–H groups in total. The molecule has 0 aromatic rings. The van der Waals surface area contributed by atoms with Crippen molar-refractivity contribution in [3.63, 3.8) is 0 Å². The summed E-state index contributed by atoms with van der Waals surface area (Å²) in [6.45, 7) is 5.50. The van der Waals surface area contributed by atoms with Crippen molar-refractivity contribution in [1.82, 2.24) is 0 Å². The zero-order valence-electron chi connectivity index (χ0n) is 8.18. The van der Waals surface area contributed by atoms with Crippen LogP contribution in [0.4, 0.5) is 0 Å². The van der Waals surface area contributed by atoms with E-state index in [9.17, 15) is 4.79 Å². The molecule has 68 valence electrons. The summed E-state index contributed by atoms with van der Waals surface area (Å²) in [5.74, 6) is 0.107. The van der Waals surface area contributed by atoms with E-state index in [1.807, 2.05) is 6.92 Å². The second kappa shape index (κ2) is 4.92. The average molecular weight is 167 g/mol. The maximum absolute atomic E-state index is 10.8. The van der Waals surface area contributed by atoms with Crippen LogP contribution in [0.2, 0.25) is 0 Å². The standard InChI is InChI=1S/C10H17NO/c1-4-5-6-10(3,8-11)7-9(2)12/h4-7H2,1-3H3. The zero-order valence-corrected chi connectivity index (χ0v) is 8.18. The van der Waals surface area contributed by atoms with Gasteiger partial charge in [-0.05, 0) is 20.3 Å². The molecule has 1 unspecified atom stereocenters. The number of carbonyl (C=O) groups excluding carboxylic acids is 1. The van der Waals surface area contributed by atoms with Gasteiger partial charge in [-0.2, -0.15) is 5.26 Å². The molecule has 0 saturated heterocycles. The van der Waals surface area contributed by atoms with Gasteiger partial charge in [-0.3, -0.25) is 4.79 Å². The SMILES string of the molecule is CCCCC(C)(C#N)CC(C)=O. The van der Waals surface area contributed by atoms with Gasteiger partial charge in [0.15, 0.2) is 0 Å². The van der Waals surface area contributed by atoms with Crippen molar-refractivity contribution in [2.24, 2.45) is 5.41 Å². The molecular weight excluding hydrogens is 150 g/mol. The lowest BCUT2D eigenvalue weighted by molar-refractivity contribution is -0.118. The van der Waals surface area contributed by atoms with Crippen molar-refractivity contribution in [2.75, 3.05) is 0 Å². The van der Waals surface area contributed by atoms with E-state index in [-0.39, 0.29) is 5.78 Å². The van der Waals surface area contributed by atoms with Crippen molar-refractivity contribution in [3.05, 3.63) is 0 Å². The number of rotatable bonds is 5. The summed E-state index contributed by atoms with van der Waals surface area (Å²) in [7, 11) is 0. The van der Waals surface area contributed by atoms with Crippen LogP contribution in [0, 0.1) is 16.7 Å². The van der Waals surface area contributed by atoms with Crippen LogP contribution >= 0.6 is 0 Å². The number of nitriles is 1. The summed E-state index contributed by atoms with van der Waals surface area (Å²) in [6.07, 6.45) is 3.33. The Balaban J connectivity index is 4.07. The first-order chi connectivity index (χ1) is 5.54. The second-order valence-corrected chi connectivity index (χ2v) is 3.65. The quantitative estimate of drug-likeness (QED) is 0.631. The molecule has 0 amide bonds. The fourth-order valence-electron chi connectivity index (χ4n) is 1.30. The Morgan fingerprint density at radius 2 is 2.17 bits per heavy atom. The molecule has 0 radical (unpaired) electrons. The summed E-state index contributed by atoms with van der Waals surface area (Å²) >= 11 is 0. The molecular formula is C10H17NO. The van der Waals surface area contributed by atoms with Crippen molar-refractivity contribution >= 4 is 5.78 Å². The molecule has 0 heterocycles. The van der Waals surface area contributed by atoms with Crippen LogP contribution < -0.4 is 0 Å². The first-order valence-electron chi connectivity index (χ1n) is 4.45. The highest BCUT2D eigenvalue weighted by molar-refractivity contribution is 5.76. The monoisotopic (exact) mass is 167 g/mol. The number of hydrogen-bond acceptors (Lipinski definition) is 2. The number of unbranched alkanes of at least 4 members (excludes halogenated alkanes) is 1. The molecule has 1 atom stereocenters. The van der Waals surface area contributed by atoms with E-state index in [2.05, 4.69) is 13.0 Å². The molecule has 2 nitrogen and oxygen atoms in total. The van der Waals surface area contributed by atoms with Gasteiger partial charge in [-0.15, -0.1) is 0 Å². The van der Waals surface area contributed by atoms with Gasteiger partial charge in [-0.25, -0.2) is 0 Å². The lowest BCUT2D eigenvalue weighted by Crippen LogP contribution is -2.17. The normalized spacial score (nSPS) is 14.8. The molecule has 0 aromatic heterocycles. The third-order valence-corrected chi connectivity index (χ3v) is 1.99. The van der Waals surface area contributed by atoms with E-state index < -0.39 is 5.41 Å². The Bertz CT molecular complexity index is 193. The van der Waals surface area contributed by atoms with Crippen LogP contribution in [-0.2, 0) is 4.79 Å². The first kappa shape index (κ1) is 11.2. The maximum atomic E-state index is 10.8. The van der Waals surface area contributed by atoms with Gasteiger partial charge in [0, 0.05) is 6.42 Å². The van der Waals surface area contributed by atoms with Gasteiger partial charge in [0.05, 0.1) is 11.5 Å².